The lowest BCUT2D eigenvalue weighted by atomic mass is 9.62. The van der Waals surface area contributed by atoms with Crippen molar-refractivity contribution in [3.63, 3.8) is 0 Å². The highest BCUT2D eigenvalue weighted by Crippen LogP contribution is 2.51. The largest absolute Gasteiger partial charge is 0.490 e. The van der Waals surface area contributed by atoms with Gasteiger partial charge in [-0.05, 0) is 25.0 Å². The molecule has 0 bridgehead atoms. The summed E-state index contributed by atoms with van der Waals surface area (Å²) in [6.45, 7) is 6.57. The van der Waals surface area contributed by atoms with Crippen molar-refractivity contribution in [2.45, 2.75) is 51.9 Å². The molecular weight excluding hydrogens is 274 g/mol. The smallest absolute Gasteiger partial charge is 0.165 e. The minimum Gasteiger partial charge on any atom is -0.490 e. The van der Waals surface area contributed by atoms with Crippen LogP contribution in [0.1, 0.15) is 52.0 Å². The molecule has 0 aromatic heterocycles. The van der Waals surface area contributed by atoms with E-state index >= 15 is 0 Å². The summed E-state index contributed by atoms with van der Waals surface area (Å²) in [5.74, 6) is -0.298. The van der Waals surface area contributed by atoms with Crippen LogP contribution in [0.25, 0.3) is 0 Å². The number of halogens is 2. The Hall–Kier alpha value is -1.16. The summed E-state index contributed by atoms with van der Waals surface area (Å²) in [5, 5.41) is 7.00. The maximum absolute atomic E-state index is 14.0. The minimum atomic E-state index is -0.438. The Morgan fingerprint density at radius 3 is 2.43 bits per heavy atom. The Labute approximate surface area is 126 Å². The van der Waals surface area contributed by atoms with Crippen LogP contribution < -0.4 is 4.74 Å². The average molecular weight is 300 g/mol. The second-order valence-corrected chi connectivity index (χ2v) is 5.40. The molecule has 1 fully saturated rings. The van der Waals surface area contributed by atoms with Gasteiger partial charge in [0, 0.05) is 24.0 Å². The first-order valence-corrected chi connectivity index (χ1v) is 7.69. The fourth-order valence-electron chi connectivity index (χ4n) is 3.39. The van der Waals surface area contributed by atoms with Crippen LogP contribution in [-0.4, -0.2) is 18.8 Å². The lowest BCUT2D eigenvalue weighted by molar-refractivity contribution is 0.0906. The first kappa shape index (κ1) is 17.9. The fraction of sp³-hybridized carbons (Fsp3) is 0.647. The number of rotatable bonds is 0. The molecule has 3 rings (SSSR count). The lowest BCUT2D eigenvalue weighted by Gasteiger charge is -2.45. The molecule has 1 aliphatic heterocycles. The van der Waals surface area contributed by atoms with Gasteiger partial charge >= 0.3 is 0 Å². The van der Waals surface area contributed by atoms with Crippen LogP contribution in [0.4, 0.5) is 8.78 Å². The summed E-state index contributed by atoms with van der Waals surface area (Å²) < 4.78 is 33.2. The molecule has 2 atom stereocenters. The number of hydrogen-bond acceptors (Lipinski definition) is 2. The molecule has 2 aliphatic rings. The van der Waals surface area contributed by atoms with Gasteiger partial charge in [-0.2, -0.15) is 0 Å². The number of aliphatic hydroxyl groups is 1. The van der Waals surface area contributed by atoms with E-state index in [1.807, 2.05) is 13.8 Å². The van der Waals surface area contributed by atoms with E-state index in [1.165, 1.54) is 6.07 Å². The topological polar surface area (TPSA) is 29.5 Å². The van der Waals surface area contributed by atoms with E-state index in [0.717, 1.165) is 38.9 Å². The predicted octanol–water partition coefficient (Wildman–Crippen LogP) is 4.44. The second-order valence-electron chi connectivity index (χ2n) is 5.40. The van der Waals surface area contributed by atoms with Crippen LogP contribution in [0.15, 0.2) is 12.1 Å². The van der Waals surface area contributed by atoms with Crippen LogP contribution >= 0.6 is 0 Å². The van der Waals surface area contributed by atoms with Gasteiger partial charge in [-0.3, -0.25) is 0 Å². The third-order valence-electron chi connectivity index (χ3n) is 4.46. The van der Waals surface area contributed by atoms with Crippen molar-refractivity contribution in [1.29, 1.82) is 0 Å². The van der Waals surface area contributed by atoms with E-state index < -0.39 is 5.82 Å². The third kappa shape index (κ3) is 3.20. The van der Waals surface area contributed by atoms with Crippen molar-refractivity contribution in [3.05, 3.63) is 29.3 Å². The van der Waals surface area contributed by atoms with Crippen LogP contribution in [0, 0.1) is 17.6 Å². The van der Waals surface area contributed by atoms with E-state index in [1.54, 1.807) is 0 Å². The van der Waals surface area contributed by atoms with E-state index in [2.05, 4.69) is 6.92 Å². The molecule has 0 unspecified atom stereocenters. The first-order valence-electron chi connectivity index (χ1n) is 7.69. The Bertz CT molecular complexity index is 462. The minimum absolute atomic E-state index is 0.144. The van der Waals surface area contributed by atoms with Crippen LogP contribution in [0.2, 0.25) is 0 Å². The molecule has 0 spiro atoms. The van der Waals surface area contributed by atoms with Gasteiger partial charge in [-0.15, -0.1) is 0 Å². The number of benzene rings is 1. The molecule has 1 heterocycles. The van der Waals surface area contributed by atoms with E-state index in [0.29, 0.717) is 18.1 Å². The molecule has 2 nitrogen and oxygen atoms in total. The van der Waals surface area contributed by atoms with Crippen molar-refractivity contribution < 1.29 is 18.6 Å². The molecule has 1 aromatic carbocycles. The zero-order valence-electron chi connectivity index (χ0n) is 13.4. The van der Waals surface area contributed by atoms with Crippen molar-refractivity contribution >= 4 is 0 Å². The van der Waals surface area contributed by atoms with Gasteiger partial charge < -0.3 is 9.84 Å². The summed E-state index contributed by atoms with van der Waals surface area (Å²) in [6.07, 6.45) is 4.22. The molecule has 21 heavy (non-hydrogen) atoms. The summed E-state index contributed by atoms with van der Waals surface area (Å²) in [5.41, 5.74) is 0.214. The van der Waals surface area contributed by atoms with Crippen LogP contribution in [0.5, 0.6) is 5.75 Å². The van der Waals surface area contributed by atoms with Crippen molar-refractivity contribution in [2.75, 3.05) is 13.7 Å². The molecule has 1 aromatic rings. The van der Waals surface area contributed by atoms with E-state index in [9.17, 15) is 8.78 Å². The van der Waals surface area contributed by atoms with Gasteiger partial charge in [0.25, 0.3) is 0 Å². The van der Waals surface area contributed by atoms with E-state index in [4.69, 9.17) is 9.84 Å². The van der Waals surface area contributed by atoms with Gasteiger partial charge in [-0.25, -0.2) is 8.78 Å². The number of hydrogen-bond donors (Lipinski definition) is 1. The normalized spacial score (nSPS) is 26.0. The average Bonchev–Trinajstić information content (AvgIpc) is 2.53. The summed E-state index contributed by atoms with van der Waals surface area (Å²) in [6, 6.07) is 2.38. The van der Waals surface area contributed by atoms with Crippen molar-refractivity contribution in [3.8, 4) is 5.75 Å². The predicted molar refractivity (Wildman–Crippen MR) is 80.7 cm³/mol. The highest BCUT2D eigenvalue weighted by atomic mass is 19.1. The molecule has 1 aliphatic carbocycles. The summed E-state index contributed by atoms with van der Waals surface area (Å²) in [4.78, 5) is 0. The molecule has 0 amide bonds. The quantitative estimate of drug-likeness (QED) is 0.767. The van der Waals surface area contributed by atoms with Gasteiger partial charge in [0.2, 0.25) is 0 Å². The summed E-state index contributed by atoms with van der Waals surface area (Å²) in [7, 11) is 1.00. The number of ether oxygens (including phenoxy) is 1. The molecule has 120 valence electrons. The Morgan fingerprint density at radius 1 is 1.14 bits per heavy atom. The highest BCUT2D eigenvalue weighted by molar-refractivity contribution is 5.44. The van der Waals surface area contributed by atoms with Gasteiger partial charge in [-0.1, -0.05) is 33.6 Å². The van der Waals surface area contributed by atoms with Gasteiger partial charge in [0.05, 0.1) is 6.61 Å². The molecule has 4 heteroatoms. The number of aliphatic hydroxyl groups excluding tert-OH is 1. The monoisotopic (exact) mass is 300 g/mol. The maximum atomic E-state index is 14.0. The molecule has 0 radical (unpaired) electrons. The Kier molecular flexibility index (Phi) is 6.59. The molecular formula is C17H26F2O2. The first-order chi connectivity index (χ1) is 10.1. The van der Waals surface area contributed by atoms with Crippen molar-refractivity contribution in [2.24, 2.45) is 5.92 Å². The van der Waals surface area contributed by atoms with Gasteiger partial charge in [0.1, 0.15) is 5.82 Å². The lowest BCUT2D eigenvalue weighted by Crippen LogP contribution is -2.43. The standard InChI is InChI=1S/C14H16F2O.C2H6.CH4O/c1-14-7-3-2-4-9(14)8-17-13-11(16)6-5-10(15)12(13)14;2*1-2/h5-6,9H,2-4,7-8H2,1H3;1-2H3;2H,1H3/t9-,14-;;/m1../s1. The Morgan fingerprint density at radius 2 is 1.76 bits per heavy atom. The molecule has 0 saturated heterocycles. The van der Waals surface area contributed by atoms with E-state index in [-0.39, 0.29) is 17.0 Å². The zero-order chi connectivity index (χ0) is 16.0. The fourth-order valence-corrected chi connectivity index (χ4v) is 3.39. The molecule has 1 N–H and O–H groups in total. The zero-order valence-corrected chi connectivity index (χ0v) is 13.4. The highest BCUT2D eigenvalue weighted by Gasteiger charge is 2.45. The SMILES string of the molecule is CC.CO.C[C@@]12CCCC[C@@H]1COc1c(F)ccc(F)c12. The second kappa shape index (κ2) is 7.74. The summed E-state index contributed by atoms with van der Waals surface area (Å²) >= 11 is 0. The van der Waals surface area contributed by atoms with Crippen LogP contribution in [-0.2, 0) is 5.41 Å². The van der Waals surface area contributed by atoms with Crippen molar-refractivity contribution in [1.82, 2.24) is 0 Å². The number of fused-ring (bicyclic) bond motifs is 3. The molecule has 1 saturated carbocycles. The Balaban J connectivity index is 0.000000510. The maximum Gasteiger partial charge on any atom is 0.165 e. The van der Waals surface area contributed by atoms with Crippen LogP contribution in [0.3, 0.4) is 0 Å². The van der Waals surface area contributed by atoms with Gasteiger partial charge in [0.15, 0.2) is 11.6 Å². The third-order valence-corrected chi connectivity index (χ3v) is 4.46.